The van der Waals surface area contributed by atoms with Crippen molar-refractivity contribution in [3.8, 4) is 6.07 Å². The van der Waals surface area contributed by atoms with E-state index in [0.29, 0.717) is 30.4 Å². The lowest BCUT2D eigenvalue weighted by atomic mass is 9.98. The maximum absolute atomic E-state index is 11.5. The molecule has 0 saturated carbocycles. The van der Waals surface area contributed by atoms with Gasteiger partial charge in [0.25, 0.3) is 0 Å². The van der Waals surface area contributed by atoms with Gasteiger partial charge in [-0.15, -0.1) is 0 Å². The lowest BCUT2D eigenvalue weighted by Crippen LogP contribution is -2.39. The van der Waals surface area contributed by atoms with Crippen molar-refractivity contribution in [2.75, 3.05) is 31.2 Å². The average Bonchev–Trinajstić information content (AvgIpc) is 2.58. The first-order chi connectivity index (χ1) is 11.5. The number of benzene rings is 1. The third-order valence-corrected chi connectivity index (χ3v) is 5.75. The predicted molar refractivity (Wildman–Crippen MR) is 94.1 cm³/mol. The highest BCUT2D eigenvalue weighted by Crippen LogP contribution is 2.22. The van der Waals surface area contributed by atoms with Crippen molar-refractivity contribution in [2.24, 2.45) is 5.92 Å². The highest BCUT2D eigenvalue weighted by atomic mass is 32.2. The van der Waals surface area contributed by atoms with Gasteiger partial charge >= 0.3 is 0 Å². The van der Waals surface area contributed by atoms with E-state index in [1.54, 1.807) is 6.07 Å². The summed E-state index contributed by atoms with van der Waals surface area (Å²) < 4.78 is 24.6. The van der Waals surface area contributed by atoms with Gasteiger partial charge in [-0.1, -0.05) is 18.2 Å². The predicted octanol–water partition coefficient (Wildman–Crippen LogP) is 2.19. The summed E-state index contributed by atoms with van der Waals surface area (Å²) in [7, 11) is -3.09. The van der Waals surface area contributed by atoms with Crippen molar-refractivity contribution in [3.63, 3.8) is 0 Å². The van der Waals surface area contributed by atoms with E-state index in [0.717, 1.165) is 30.3 Å². The van der Waals surface area contributed by atoms with E-state index in [4.69, 9.17) is 0 Å². The van der Waals surface area contributed by atoms with Crippen LogP contribution < -0.4 is 5.32 Å². The minimum absolute atomic E-state index is 0.404. The van der Waals surface area contributed by atoms with Crippen LogP contribution in [-0.4, -0.2) is 43.6 Å². The van der Waals surface area contributed by atoms with E-state index in [1.165, 1.54) is 10.6 Å². The molecule has 0 atom stereocenters. The highest BCUT2D eigenvalue weighted by Gasteiger charge is 2.24. The van der Waals surface area contributed by atoms with Gasteiger partial charge in [0.2, 0.25) is 10.0 Å². The van der Waals surface area contributed by atoms with Crippen LogP contribution in [0.1, 0.15) is 18.4 Å². The number of hydrogen-bond donors (Lipinski definition) is 1. The molecule has 1 aliphatic rings. The second-order valence-corrected chi connectivity index (χ2v) is 8.15. The van der Waals surface area contributed by atoms with Crippen molar-refractivity contribution < 1.29 is 8.42 Å². The van der Waals surface area contributed by atoms with Crippen LogP contribution in [0.15, 0.2) is 30.3 Å². The number of fused-ring (bicyclic) bond motifs is 1. The Balaban J connectivity index is 1.66. The molecule has 0 aliphatic carbocycles. The molecule has 1 N–H and O–H groups in total. The number of nitrogens with one attached hydrogen (secondary N) is 1. The maximum atomic E-state index is 11.5. The third kappa shape index (κ3) is 3.66. The van der Waals surface area contributed by atoms with Gasteiger partial charge in [-0.25, -0.2) is 17.7 Å². The summed E-state index contributed by atoms with van der Waals surface area (Å²) in [4.78, 5) is 4.55. The normalized spacial score (nSPS) is 16.8. The van der Waals surface area contributed by atoms with Gasteiger partial charge in [0, 0.05) is 25.0 Å². The van der Waals surface area contributed by atoms with Crippen LogP contribution in [0.3, 0.4) is 0 Å². The number of aromatic nitrogens is 1. The average molecular weight is 344 g/mol. The molecule has 2 heterocycles. The summed E-state index contributed by atoms with van der Waals surface area (Å²) in [6.45, 7) is 1.87. The van der Waals surface area contributed by atoms with Crippen LogP contribution in [0.2, 0.25) is 0 Å². The Morgan fingerprint density at radius 2 is 2.04 bits per heavy atom. The van der Waals surface area contributed by atoms with Crippen LogP contribution in [0, 0.1) is 17.2 Å². The van der Waals surface area contributed by atoms with E-state index in [-0.39, 0.29) is 0 Å². The van der Waals surface area contributed by atoms with Gasteiger partial charge in [-0.05, 0) is 30.9 Å². The van der Waals surface area contributed by atoms with Crippen molar-refractivity contribution in [1.82, 2.24) is 9.29 Å². The highest BCUT2D eigenvalue weighted by molar-refractivity contribution is 7.88. The maximum Gasteiger partial charge on any atom is 0.211 e. The minimum atomic E-state index is -3.09. The fourth-order valence-corrected chi connectivity index (χ4v) is 3.93. The molecule has 1 saturated heterocycles. The summed E-state index contributed by atoms with van der Waals surface area (Å²) in [5.41, 5.74) is 1.40. The first-order valence-electron chi connectivity index (χ1n) is 7.96. The van der Waals surface area contributed by atoms with Crippen molar-refractivity contribution in [1.29, 1.82) is 5.26 Å². The zero-order chi connectivity index (χ0) is 17.2. The zero-order valence-corrected chi connectivity index (χ0v) is 14.4. The van der Waals surface area contributed by atoms with E-state index in [2.05, 4.69) is 16.4 Å². The van der Waals surface area contributed by atoms with Crippen LogP contribution in [0.5, 0.6) is 0 Å². The monoisotopic (exact) mass is 344 g/mol. The van der Waals surface area contributed by atoms with E-state index >= 15 is 0 Å². The van der Waals surface area contributed by atoms with Crippen LogP contribution in [0.4, 0.5) is 5.82 Å². The molecule has 1 aromatic heterocycles. The fraction of sp³-hybridized carbons (Fsp3) is 0.412. The molecule has 126 valence electrons. The first-order valence-corrected chi connectivity index (χ1v) is 9.81. The number of piperidine rings is 1. The number of para-hydroxylation sites is 1. The Bertz CT molecular complexity index is 881. The van der Waals surface area contributed by atoms with Gasteiger partial charge in [0.1, 0.15) is 5.82 Å². The molecule has 0 bridgehead atoms. The summed E-state index contributed by atoms with van der Waals surface area (Å²) in [5.74, 6) is 1.09. The second-order valence-electron chi connectivity index (χ2n) is 6.17. The summed E-state index contributed by atoms with van der Waals surface area (Å²) in [5, 5.41) is 13.5. The SMILES string of the molecule is CS(=O)(=O)N1CCC(CNc2cc(C#N)c3ccccc3n2)CC1. The van der Waals surface area contributed by atoms with Crippen molar-refractivity contribution >= 4 is 26.7 Å². The molecule has 0 radical (unpaired) electrons. The molecule has 0 amide bonds. The molecule has 3 rings (SSSR count). The van der Waals surface area contributed by atoms with Crippen molar-refractivity contribution in [3.05, 3.63) is 35.9 Å². The zero-order valence-electron chi connectivity index (χ0n) is 13.6. The molecule has 0 unspecified atom stereocenters. The number of hydrogen-bond acceptors (Lipinski definition) is 5. The molecule has 0 spiro atoms. The summed E-state index contributed by atoms with van der Waals surface area (Å²) in [6, 6.07) is 11.6. The summed E-state index contributed by atoms with van der Waals surface area (Å²) in [6.07, 6.45) is 2.92. The number of pyridine rings is 1. The van der Waals surface area contributed by atoms with Gasteiger partial charge in [0.05, 0.1) is 23.4 Å². The van der Waals surface area contributed by atoms with Crippen molar-refractivity contribution in [2.45, 2.75) is 12.8 Å². The lowest BCUT2D eigenvalue weighted by molar-refractivity contribution is 0.283. The molecule has 7 heteroatoms. The quantitative estimate of drug-likeness (QED) is 0.919. The number of nitrogens with zero attached hydrogens (tertiary/aromatic N) is 3. The number of nitriles is 1. The Labute approximate surface area is 142 Å². The first kappa shape index (κ1) is 16.7. The fourth-order valence-electron chi connectivity index (χ4n) is 3.05. The molecular weight excluding hydrogens is 324 g/mol. The molecule has 1 fully saturated rings. The Hall–Kier alpha value is -2.17. The van der Waals surface area contributed by atoms with Gasteiger partial charge in [-0.3, -0.25) is 0 Å². The largest absolute Gasteiger partial charge is 0.370 e. The Morgan fingerprint density at radius 1 is 1.33 bits per heavy atom. The molecular formula is C17H20N4O2S. The molecule has 1 aromatic carbocycles. The topological polar surface area (TPSA) is 86.1 Å². The van der Waals surface area contributed by atoms with E-state index in [9.17, 15) is 13.7 Å². The third-order valence-electron chi connectivity index (χ3n) is 4.45. The second kappa shape index (κ2) is 6.75. The van der Waals surface area contributed by atoms with Crippen LogP contribution in [0.25, 0.3) is 10.9 Å². The number of sulfonamides is 1. The van der Waals surface area contributed by atoms with Crippen LogP contribution in [-0.2, 0) is 10.0 Å². The van der Waals surface area contributed by atoms with Gasteiger partial charge in [-0.2, -0.15) is 5.26 Å². The minimum Gasteiger partial charge on any atom is -0.370 e. The molecule has 6 nitrogen and oxygen atoms in total. The standard InChI is InChI=1S/C17H20N4O2S/c1-24(22,23)21-8-6-13(7-9-21)12-19-17-10-14(11-18)15-4-2-3-5-16(15)20-17/h2-5,10,13H,6-9,12H2,1H3,(H,19,20). The van der Waals surface area contributed by atoms with E-state index < -0.39 is 10.0 Å². The Morgan fingerprint density at radius 3 is 2.71 bits per heavy atom. The lowest BCUT2D eigenvalue weighted by Gasteiger charge is -2.30. The smallest absolute Gasteiger partial charge is 0.211 e. The number of anilines is 1. The number of rotatable bonds is 4. The molecule has 24 heavy (non-hydrogen) atoms. The van der Waals surface area contributed by atoms with Crippen LogP contribution >= 0.6 is 0 Å². The summed E-state index contributed by atoms with van der Waals surface area (Å²) >= 11 is 0. The molecule has 2 aromatic rings. The molecule has 1 aliphatic heterocycles. The van der Waals surface area contributed by atoms with Gasteiger partial charge in [0.15, 0.2) is 0 Å². The Kier molecular flexibility index (Phi) is 4.69. The van der Waals surface area contributed by atoms with E-state index in [1.807, 2.05) is 24.3 Å². The van der Waals surface area contributed by atoms with Gasteiger partial charge < -0.3 is 5.32 Å².